The minimum atomic E-state index is -0.456. The molecule has 0 spiro atoms. The van der Waals surface area contributed by atoms with Gasteiger partial charge in [-0.3, -0.25) is 4.79 Å². The SMILES string of the molecule is Cc1ccc(CCN/C=C(/C#N)C(=O)Nc2ccc(Cl)cc2)cc1. The van der Waals surface area contributed by atoms with Crippen LogP contribution in [0.25, 0.3) is 0 Å². The fraction of sp³-hybridized carbons (Fsp3) is 0.158. The molecule has 0 saturated carbocycles. The first-order chi connectivity index (χ1) is 11.6. The molecule has 0 fully saturated rings. The first-order valence-electron chi connectivity index (χ1n) is 7.54. The molecule has 2 N–H and O–H groups in total. The van der Waals surface area contributed by atoms with Crippen LogP contribution in [0.15, 0.2) is 60.3 Å². The highest BCUT2D eigenvalue weighted by molar-refractivity contribution is 6.30. The van der Waals surface area contributed by atoms with E-state index < -0.39 is 5.91 Å². The van der Waals surface area contributed by atoms with Gasteiger partial charge in [0.1, 0.15) is 11.6 Å². The molecule has 0 atom stereocenters. The number of hydrogen-bond donors (Lipinski definition) is 2. The van der Waals surface area contributed by atoms with Gasteiger partial charge < -0.3 is 10.6 Å². The lowest BCUT2D eigenvalue weighted by Crippen LogP contribution is -2.17. The van der Waals surface area contributed by atoms with E-state index in [1.54, 1.807) is 24.3 Å². The summed E-state index contributed by atoms with van der Waals surface area (Å²) in [5.74, 6) is -0.456. The summed E-state index contributed by atoms with van der Waals surface area (Å²) in [5, 5.41) is 15.4. The van der Waals surface area contributed by atoms with E-state index in [2.05, 4.69) is 34.9 Å². The van der Waals surface area contributed by atoms with Gasteiger partial charge in [-0.05, 0) is 43.2 Å². The van der Waals surface area contributed by atoms with Gasteiger partial charge in [0.25, 0.3) is 5.91 Å². The molecule has 4 nitrogen and oxygen atoms in total. The fourth-order valence-electron chi connectivity index (χ4n) is 2.03. The Morgan fingerprint density at radius 3 is 2.46 bits per heavy atom. The van der Waals surface area contributed by atoms with Gasteiger partial charge in [0.15, 0.2) is 0 Å². The monoisotopic (exact) mass is 339 g/mol. The number of carbonyl (C=O) groups is 1. The number of halogens is 1. The molecule has 0 unspecified atom stereocenters. The van der Waals surface area contributed by atoms with Crippen LogP contribution in [-0.2, 0) is 11.2 Å². The fourth-order valence-corrected chi connectivity index (χ4v) is 2.15. The lowest BCUT2D eigenvalue weighted by molar-refractivity contribution is -0.112. The van der Waals surface area contributed by atoms with Crippen LogP contribution in [-0.4, -0.2) is 12.5 Å². The van der Waals surface area contributed by atoms with E-state index in [1.807, 2.05) is 13.0 Å². The zero-order chi connectivity index (χ0) is 17.4. The van der Waals surface area contributed by atoms with Gasteiger partial charge in [-0.15, -0.1) is 0 Å². The maximum Gasteiger partial charge on any atom is 0.267 e. The average molecular weight is 340 g/mol. The van der Waals surface area contributed by atoms with Crippen molar-refractivity contribution in [1.29, 1.82) is 5.26 Å². The van der Waals surface area contributed by atoms with Gasteiger partial charge in [-0.2, -0.15) is 5.26 Å². The van der Waals surface area contributed by atoms with Crippen molar-refractivity contribution in [3.8, 4) is 6.07 Å². The summed E-state index contributed by atoms with van der Waals surface area (Å²) in [6.45, 7) is 2.69. The van der Waals surface area contributed by atoms with Gasteiger partial charge in [-0.1, -0.05) is 41.4 Å². The van der Waals surface area contributed by atoms with Crippen molar-refractivity contribution in [2.24, 2.45) is 0 Å². The standard InChI is InChI=1S/C19H18ClN3O/c1-14-2-4-15(5-3-14)10-11-22-13-16(12-21)19(24)23-18-8-6-17(20)7-9-18/h2-9,13,22H,10-11H2,1H3,(H,23,24)/b16-13-. The highest BCUT2D eigenvalue weighted by Crippen LogP contribution is 2.14. The first-order valence-corrected chi connectivity index (χ1v) is 7.92. The summed E-state index contributed by atoms with van der Waals surface area (Å²) in [7, 11) is 0. The molecule has 0 heterocycles. The van der Waals surface area contributed by atoms with Crippen LogP contribution in [0.2, 0.25) is 5.02 Å². The van der Waals surface area contributed by atoms with Crippen LogP contribution in [0.5, 0.6) is 0 Å². The van der Waals surface area contributed by atoms with Crippen molar-refractivity contribution >= 4 is 23.2 Å². The van der Waals surface area contributed by atoms with E-state index in [1.165, 1.54) is 17.3 Å². The molecule has 5 heteroatoms. The van der Waals surface area contributed by atoms with E-state index >= 15 is 0 Å². The Balaban J connectivity index is 1.86. The van der Waals surface area contributed by atoms with Crippen molar-refractivity contribution in [3.63, 3.8) is 0 Å². The van der Waals surface area contributed by atoms with Gasteiger partial charge in [-0.25, -0.2) is 0 Å². The maximum absolute atomic E-state index is 12.1. The van der Waals surface area contributed by atoms with Crippen LogP contribution in [0.3, 0.4) is 0 Å². The molecular weight excluding hydrogens is 322 g/mol. The zero-order valence-corrected chi connectivity index (χ0v) is 14.1. The number of aryl methyl sites for hydroxylation is 1. The number of nitrogens with zero attached hydrogens (tertiary/aromatic N) is 1. The molecular formula is C19H18ClN3O. The lowest BCUT2D eigenvalue weighted by atomic mass is 10.1. The third kappa shape index (κ3) is 5.45. The van der Waals surface area contributed by atoms with E-state index in [0.717, 1.165) is 6.42 Å². The molecule has 0 aliphatic carbocycles. The molecule has 0 aliphatic heterocycles. The van der Waals surface area contributed by atoms with Gasteiger partial charge >= 0.3 is 0 Å². The van der Waals surface area contributed by atoms with Gasteiger partial charge in [0.05, 0.1) is 0 Å². The highest BCUT2D eigenvalue weighted by atomic mass is 35.5. The molecule has 0 aromatic heterocycles. The predicted octanol–water partition coefficient (Wildman–Crippen LogP) is 3.83. The highest BCUT2D eigenvalue weighted by Gasteiger charge is 2.08. The summed E-state index contributed by atoms with van der Waals surface area (Å²) in [5.41, 5.74) is 3.03. The molecule has 0 bridgehead atoms. The van der Waals surface area contributed by atoms with E-state index in [4.69, 9.17) is 16.9 Å². The zero-order valence-electron chi connectivity index (χ0n) is 13.3. The minimum Gasteiger partial charge on any atom is -0.389 e. The smallest absolute Gasteiger partial charge is 0.267 e. The van der Waals surface area contributed by atoms with Crippen molar-refractivity contribution in [2.75, 3.05) is 11.9 Å². The molecule has 0 aliphatic rings. The summed E-state index contributed by atoms with van der Waals surface area (Å²) >= 11 is 5.80. The largest absolute Gasteiger partial charge is 0.389 e. The molecule has 1 amide bonds. The second-order valence-corrected chi connectivity index (χ2v) is 5.76. The summed E-state index contributed by atoms with van der Waals surface area (Å²) in [6.07, 6.45) is 2.26. The number of rotatable bonds is 6. The normalized spacial score (nSPS) is 10.8. The summed E-state index contributed by atoms with van der Waals surface area (Å²) < 4.78 is 0. The molecule has 122 valence electrons. The molecule has 0 saturated heterocycles. The molecule has 2 aromatic carbocycles. The Hall–Kier alpha value is -2.77. The lowest BCUT2D eigenvalue weighted by Gasteiger charge is -2.06. The summed E-state index contributed by atoms with van der Waals surface area (Å²) in [4.78, 5) is 12.1. The number of amides is 1. The topological polar surface area (TPSA) is 64.9 Å². The molecule has 0 radical (unpaired) electrons. The van der Waals surface area contributed by atoms with Crippen molar-refractivity contribution in [1.82, 2.24) is 5.32 Å². The molecule has 2 rings (SSSR count). The van der Waals surface area contributed by atoms with Crippen molar-refractivity contribution in [3.05, 3.63) is 76.5 Å². The Morgan fingerprint density at radius 1 is 1.17 bits per heavy atom. The van der Waals surface area contributed by atoms with Crippen LogP contribution in [0.1, 0.15) is 11.1 Å². The minimum absolute atomic E-state index is 0.0221. The Kier molecular flexibility index (Phi) is 6.41. The van der Waals surface area contributed by atoms with Crippen LogP contribution in [0, 0.1) is 18.3 Å². The van der Waals surface area contributed by atoms with Gasteiger partial charge in [0, 0.05) is 23.5 Å². The predicted molar refractivity (Wildman–Crippen MR) is 96.7 cm³/mol. The van der Waals surface area contributed by atoms with Crippen LogP contribution >= 0.6 is 11.6 Å². The van der Waals surface area contributed by atoms with Crippen LogP contribution in [0.4, 0.5) is 5.69 Å². The number of anilines is 1. The Bertz CT molecular complexity index is 759. The average Bonchev–Trinajstić information content (AvgIpc) is 2.58. The Morgan fingerprint density at radius 2 is 1.83 bits per heavy atom. The first kappa shape index (κ1) is 17.6. The second-order valence-electron chi connectivity index (χ2n) is 5.32. The number of hydrogen-bond acceptors (Lipinski definition) is 3. The summed E-state index contributed by atoms with van der Waals surface area (Å²) in [6, 6.07) is 16.9. The molecule has 2 aromatic rings. The second kappa shape index (κ2) is 8.76. The van der Waals surface area contributed by atoms with Gasteiger partial charge in [0.2, 0.25) is 0 Å². The third-order valence-electron chi connectivity index (χ3n) is 3.39. The van der Waals surface area contributed by atoms with Crippen LogP contribution < -0.4 is 10.6 Å². The van der Waals surface area contributed by atoms with Crippen molar-refractivity contribution < 1.29 is 4.79 Å². The maximum atomic E-state index is 12.1. The number of nitrogens with one attached hydrogen (secondary N) is 2. The molecule has 24 heavy (non-hydrogen) atoms. The Labute approximate surface area is 146 Å². The van der Waals surface area contributed by atoms with E-state index in [0.29, 0.717) is 17.3 Å². The third-order valence-corrected chi connectivity index (χ3v) is 3.64. The van der Waals surface area contributed by atoms with E-state index in [-0.39, 0.29) is 5.57 Å². The van der Waals surface area contributed by atoms with Crippen molar-refractivity contribution in [2.45, 2.75) is 13.3 Å². The number of nitriles is 1. The number of carbonyl (C=O) groups excluding carboxylic acids is 1. The quantitative estimate of drug-likeness (QED) is 0.477. The number of benzene rings is 2. The van der Waals surface area contributed by atoms with E-state index in [9.17, 15) is 4.79 Å².